The zero-order valence-corrected chi connectivity index (χ0v) is 21.3. The Morgan fingerprint density at radius 1 is 1.00 bits per heavy atom. The van der Waals surface area contributed by atoms with Crippen LogP contribution in [0.3, 0.4) is 0 Å². The Kier molecular flexibility index (Phi) is 6.51. The van der Waals surface area contributed by atoms with Gasteiger partial charge in [-0.25, -0.2) is 9.52 Å². The van der Waals surface area contributed by atoms with Gasteiger partial charge in [0.2, 0.25) is 0 Å². The summed E-state index contributed by atoms with van der Waals surface area (Å²) in [5.41, 5.74) is 5.91. The van der Waals surface area contributed by atoms with Crippen LogP contribution in [0.25, 0.3) is 0 Å². The number of carbonyl (C=O) groups is 1. The van der Waals surface area contributed by atoms with Crippen molar-refractivity contribution in [2.75, 3.05) is 25.5 Å². The minimum atomic E-state index is -3.85. The number of urea groups is 1. The van der Waals surface area contributed by atoms with Gasteiger partial charge in [-0.05, 0) is 80.7 Å². The summed E-state index contributed by atoms with van der Waals surface area (Å²) in [6.07, 6.45) is 7.90. The summed E-state index contributed by atoms with van der Waals surface area (Å²) in [7, 11) is -1.83. The third-order valence-corrected chi connectivity index (χ3v) is 8.40. The molecule has 2 atom stereocenters. The topological polar surface area (TPSA) is 81.8 Å². The Hall–Kier alpha value is -0.00364. The number of nitrogens with one attached hydrogen (secondary N) is 2. The first-order valence-corrected chi connectivity index (χ1v) is 11.8. The Balaban J connectivity index is 0.00000205. The van der Waals surface area contributed by atoms with Crippen molar-refractivity contribution in [2.24, 2.45) is 0 Å². The molecule has 0 aromatic heterocycles. The summed E-state index contributed by atoms with van der Waals surface area (Å²) < 4.78 is 29.7. The third kappa shape index (κ3) is 4.09. The van der Waals surface area contributed by atoms with Crippen molar-refractivity contribution in [2.45, 2.75) is 63.5 Å². The average Bonchev–Trinajstić information content (AvgIpc) is 3.32. The zero-order valence-electron chi connectivity index (χ0n) is 17.3. The molecule has 4 aliphatic rings. The molecule has 5 rings (SSSR count). The fourth-order valence-electron chi connectivity index (χ4n) is 5.74. The predicted octanol–water partition coefficient (Wildman–Crippen LogP) is 1.43. The van der Waals surface area contributed by atoms with Crippen LogP contribution < -0.4 is 10.0 Å². The molecule has 2 bridgehead atoms. The summed E-state index contributed by atoms with van der Waals surface area (Å²) in [6.45, 7) is 1.44. The number of likely N-dealkylation sites (N-methyl/N-ethyl adjacent to an activating group) is 1. The van der Waals surface area contributed by atoms with Gasteiger partial charge in [0.15, 0.2) is 0 Å². The molecule has 0 spiro atoms. The molecule has 0 saturated carbocycles. The number of fused-ring (bicyclic) bond motifs is 4. The van der Waals surface area contributed by atoms with Crippen LogP contribution in [0.2, 0.25) is 0 Å². The molecule has 2 aliphatic heterocycles. The smallest absolute Gasteiger partial charge is 0.307 e. The molecule has 29 heavy (non-hydrogen) atoms. The van der Waals surface area contributed by atoms with Gasteiger partial charge in [-0.2, -0.15) is 12.7 Å². The van der Waals surface area contributed by atoms with Gasteiger partial charge < -0.3 is 10.2 Å². The van der Waals surface area contributed by atoms with Crippen LogP contribution in [0.4, 0.5) is 10.5 Å². The second-order valence-electron chi connectivity index (χ2n) is 8.73. The van der Waals surface area contributed by atoms with Crippen LogP contribution in [-0.4, -0.2) is 107 Å². The first-order chi connectivity index (χ1) is 13.4. The minimum absolute atomic E-state index is 0. The van der Waals surface area contributed by atoms with E-state index in [-0.39, 0.29) is 63.5 Å². The Bertz CT molecular complexity index is 890. The van der Waals surface area contributed by atoms with E-state index in [1.54, 1.807) is 0 Å². The fraction of sp³-hybridized carbons (Fsp3) is 0.650. The van der Waals surface area contributed by atoms with E-state index in [0.29, 0.717) is 0 Å². The van der Waals surface area contributed by atoms with Crippen molar-refractivity contribution < 1.29 is 13.2 Å². The molecule has 2 heterocycles. The van der Waals surface area contributed by atoms with Crippen LogP contribution in [0.15, 0.2) is 6.07 Å². The molecule has 2 aliphatic carbocycles. The van der Waals surface area contributed by atoms with Crippen LogP contribution in [0.1, 0.15) is 47.9 Å². The number of amides is 2. The number of likely N-dealkylation sites (tertiary alicyclic amines) is 1. The standard InChI is InChI=1S/C20H28N4O3S.K/c1-23-11-15-8-9-16(12-23)24(15)28(26,27)22-20(25)21-19-17-6-2-4-13(17)10-14-5-3-7-18(14)19;/h10,15-16H,2-9,11-12H2,1H3,(H2,21,22,25);. The maximum Gasteiger partial charge on any atom is 0.333 e. The van der Waals surface area contributed by atoms with Gasteiger partial charge in [-0.1, -0.05) is 6.07 Å². The molecule has 1 aromatic carbocycles. The number of aryl methyl sites for hydroxylation is 2. The third-order valence-electron chi connectivity index (χ3n) is 6.81. The number of hydrogen-bond donors (Lipinski definition) is 2. The number of piperazine rings is 1. The van der Waals surface area contributed by atoms with Crippen molar-refractivity contribution in [1.29, 1.82) is 0 Å². The van der Waals surface area contributed by atoms with Gasteiger partial charge in [0, 0.05) is 82.2 Å². The van der Waals surface area contributed by atoms with Crippen LogP contribution >= 0.6 is 0 Å². The maximum atomic E-state index is 13.0. The van der Waals surface area contributed by atoms with Gasteiger partial charge in [0.25, 0.3) is 0 Å². The molecule has 2 amide bonds. The van der Waals surface area contributed by atoms with E-state index < -0.39 is 16.2 Å². The number of rotatable bonds is 3. The van der Waals surface area contributed by atoms with Crippen molar-refractivity contribution >= 4 is 73.3 Å². The molecule has 2 fully saturated rings. The van der Waals surface area contributed by atoms with E-state index in [1.807, 2.05) is 7.05 Å². The Morgan fingerprint density at radius 3 is 2.10 bits per heavy atom. The van der Waals surface area contributed by atoms with Crippen LogP contribution in [-0.2, 0) is 35.9 Å². The Morgan fingerprint density at radius 2 is 1.55 bits per heavy atom. The molecule has 7 nitrogen and oxygen atoms in total. The minimum Gasteiger partial charge on any atom is -0.307 e. The molecule has 153 valence electrons. The number of hydrogen-bond acceptors (Lipinski definition) is 4. The quantitative estimate of drug-likeness (QED) is 0.693. The van der Waals surface area contributed by atoms with Crippen molar-refractivity contribution in [3.8, 4) is 0 Å². The molecule has 2 saturated heterocycles. The summed E-state index contributed by atoms with van der Waals surface area (Å²) in [5, 5.41) is 2.93. The first-order valence-electron chi connectivity index (χ1n) is 10.4. The molecule has 9 heteroatoms. The molecule has 2 N–H and O–H groups in total. The summed E-state index contributed by atoms with van der Waals surface area (Å²) in [5.74, 6) is 0. The van der Waals surface area contributed by atoms with E-state index in [1.165, 1.54) is 26.6 Å². The zero-order chi connectivity index (χ0) is 19.5. The van der Waals surface area contributed by atoms with E-state index in [2.05, 4.69) is 21.0 Å². The summed E-state index contributed by atoms with van der Waals surface area (Å²) >= 11 is 0. The second-order valence-corrected chi connectivity index (χ2v) is 10.3. The fourth-order valence-corrected chi connectivity index (χ4v) is 7.26. The molecular weight excluding hydrogens is 415 g/mol. The number of anilines is 1. The molecule has 2 unspecified atom stereocenters. The van der Waals surface area contributed by atoms with Crippen molar-refractivity contribution in [3.63, 3.8) is 0 Å². The number of benzene rings is 1. The van der Waals surface area contributed by atoms with Gasteiger partial charge in [-0.15, -0.1) is 0 Å². The van der Waals surface area contributed by atoms with Crippen LogP contribution in [0, 0.1) is 0 Å². The number of carbonyl (C=O) groups excluding carboxylic acids is 1. The largest absolute Gasteiger partial charge is 0.333 e. The molecular formula is C20H28KN4O3S. The normalized spacial score (nSPS) is 26.0. The maximum absolute atomic E-state index is 13.0. The van der Waals surface area contributed by atoms with E-state index >= 15 is 0 Å². The monoisotopic (exact) mass is 443 g/mol. The predicted molar refractivity (Wildman–Crippen MR) is 113 cm³/mol. The van der Waals surface area contributed by atoms with Gasteiger partial charge in [0.05, 0.1) is 0 Å². The molecule has 1 radical (unpaired) electrons. The van der Waals surface area contributed by atoms with E-state index in [4.69, 9.17) is 0 Å². The second kappa shape index (κ2) is 8.50. The number of nitrogens with zero attached hydrogens (tertiary/aromatic N) is 2. The average molecular weight is 444 g/mol. The SMILES string of the molecule is CN1CC2CCC(C1)N2S(=O)(=O)NC(=O)Nc1c2c(cc3c1CCC3)CCC2.[K]. The summed E-state index contributed by atoms with van der Waals surface area (Å²) in [6, 6.07) is 1.58. The van der Waals surface area contributed by atoms with Crippen molar-refractivity contribution in [1.82, 2.24) is 13.9 Å². The van der Waals surface area contributed by atoms with Crippen LogP contribution in [0.5, 0.6) is 0 Å². The van der Waals surface area contributed by atoms with Crippen molar-refractivity contribution in [3.05, 3.63) is 28.3 Å². The summed E-state index contributed by atoms with van der Waals surface area (Å²) in [4.78, 5) is 14.9. The van der Waals surface area contributed by atoms with Gasteiger partial charge in [-0.3, -0.25) is 0 Å². The molecule has 1 aromatic rings. The van der Waals surface area contributed by atoms with Gasteiger partial charge >= 0.3 is 16.2 Å². The first kappa shape index (κ1) is 22.2. The Labute approximate surface area is 215 Å². The van der Waals surface area contributed by atoms with Gasteiger partial charge in [0.1, 0.15) is 0 Å². The van der Waals surface area contributed by atoms with E-state index in [9.17, 15) is 13.2 Å². The van der Waals surface area contributed by atoms with E-state index in [0.717, 1.165) is 70.1 Å².